The van der Waals surface area contributed by atoms with E-state index in [1.807, 2.05) is 24.3 Å². The first kappa shape index (κ1) is 27.0. The van der Waals surface area contributed by atoms with Crippen LogP contribution >= 0.6 is 0 Å². The second kappa shape index (κ2) is 12.5. The fourth-order valence-corrected chi connectivity index (χ4v) is 4.23. The highest BCUT2D eigenvalue weighted by molar-refractivity contribution is 5.74. The summed E-state index contributed by atoms with van der Waals surface area (Å²) in [5, 5.41) is 21.0. The van der Waals surface area contributed by atoms with Gasteiger partial charge in [-0.15, -0.1) is 0 Å². The van der Waals surface area contributed by atoms with Crippen molar-refractivity contribution in [2.45, 2.75) is 32.1 Å². The van der Waals surface area contributed by atoms with Gasteiger partial charge in [-0.1, -0.05) is 56.2 Å². The Kier molecular flexibility index (Phi) is 8.64. The SMILES string of the molecule is CCCCCOc1ccccc1C1C(C#N)=C(N)Oc2cc(OC(=O)COc3ccccc3[N+](=O)[O-])ccc21. The Bertz CT molecular complexity index is 1440. The largest absolute Gasteiger partial charge is 0.493 e. The number of ether oxygens (including phenoxy) is 4. The monoisotopic (exact) mass is 529 g/mol. The summed E-state index contributed by atoms with van der Waals surface area (Å²) in [6, 6.07) is 20.1. The predicted octanol–water partition coefficient (Wildman–Crippen LogP) is 5.37. The minimum atomic E-state index is -0.771. The highest BCUT2D eigenvalue weighted by Crippen LogP contribution is 2.46. The van der Waals surface area contributed by atoms with E-state index < -0.39 is 23.4 Å². The molecule has 1 atom stereocenters. The smallest absolute Gasteiger partial charge is 0.349 e. The van der Waals surface area contributed by atoms with Crippen LogP contribution in [0.2, 0.25) is 0 Å². The molecule has 0 radical (unpaired) electrons. The van der Waals surface area contributed by atoms with Gasteiger partial charge in [0.05, 0.1) is 17.4 Å². The molecule has 3 aromatic carbocycles. The molecule has 1 aliphatic heterocycles. The zero-order chi connectivity index (χ0) is 27.8. The van der Waals surface area contributed by atoms with E-state index >= 15 is 0 Å². The van der Waals surface area contributed by atoms with Gasteiger partial charge in [0, 0.05) is 23.3 Å². The van der Waals surface area contributed by atoms with Gasteiger partial charge in [-0.3, -0.25) is 10.1 Å². The number of carbonyl (C=O) groups is 1. The van der Waals surface area contributed by atoms with Crippen LogP contribution in [-0.2, 0) is 4.79 Å². The summed E-state index contributed by atoms with van der Waals surface area (Å²) in [6.45, 7) is 2.12. The Labute approximate surface area is 225 Å². The molecule has 2 N–H and O–H groups in total. The Hall–Kier alpha value is -5.04. The van der Waals surface area contributed by atoms with Gasteiger partial charge in [0.2, 0.25) is 5.88 Å². The number of para-hydroxylation sites is 3. The highest BCUT2D eigenvalue weighted by atomic mass is 16.6. The van der Waals surface area contributed by atoms with Crippen LogP contribution in [0, 0.1) is 21.4 Å². The number of nitrogens with two attached hydrogens (primary N) is 1. The average Bonchev–Trinajstić information content (AvgIpc) is 2.94. The van der Waals surface area contributed by atoms with E-state index in [0.717, 1.165) is 24.8 Å². The van der Waals surface area contributed by atoms with Gasteiger partial charge >= 0.3 is 11.7 Å². The summed E-state index contributed by atoms with van der Waals surface area (Å²) in [5.74, 6) is -0.300. The van der Waals surface area contributed by atoms with Crippen molar-refractivity contribution in [3.8, 4) is 29.1 Å². The molecule has 39 heavy (non-hydrogen) atoms. The summed E-state index contributed by atoms with van der Waals surface area (Å²) in [6.07, 6.45) is 3.03. The van der Waals surface area contributed by atoms with Crippen LogP contribution in [0.4, 0.5) is 5.69 Å². The van der Waals surface area contributed by atoms with E-state index in [9.17, 15) is 20.2 Å². The lowest BCUT2D eigenvalue weighted by Crippen LogP contribution is -2.22. The molecule has 0 spiro atoms. The normalized spacial score (nSPS) is 14.0. The number of nitriles is 1. The molecule has 0 saturated heterocycles. The van der Waals surface area contributed by atoms with Gasteiger partial charge in [-0.25, -0.2) is 4.79 Å². The van der Waals surface area contributed by atoms with Gasteiger partial charge in [-0.05, 0) is 24.6 Å². The van der Waals surface area contributed by atoms with Gasteiger partial charge < -0.3 is 24.7 Å². The summed E-state index contributed by atoms with van der Waals surface area (Å²) in [7, 11) is 0. The molecule has 1 unspecified atom stereocenters. The maximum absolute atomic E-state index is 12.4. The molecule has 1 heterocycles. The van der Waals surface area contributed by atoms with Gasteiger partial charge in [-0.2, -0.15) is 5.26 Å². The molecular weight excluding hydrogens is 502 g/mol. The fraction of sp³-hybridized carbons (Fsp3) is 0.241. The number of carbonyl (C=O) groups excluding carboxylic acids is 1. The molecular formula is C29H27N3O7. The van der Waals surface area contributed by atoms with E-state index in [1.165, 1.54) is 24.3 Å². The quantitative estimate of drug-likeness (QED) is 0.114. The molecule has 0 saturated carbocycles. The number of rotatable bonds is 11. The lowest BCUT2D eigenvalue weighted by molar-refractivity contribution is -0.385. The summed E-state index contributed by atoms with van der Waals surface area (Å²) in [5.41, 5.74) is 7.54. The van der Waals surface area contributed by atoms with E-state index in [0.29, 0.717) is 23.7 Å². The molecule has 10 nitrogen and oxygen atoms in total. The molecule has 0 amide bonds. The Morgan fingerprint density at radius 1 is 1.05 bits per heavy atom. The second-order valence-corrected chi connectivity index (χ2v) is 8.71. The zero-order valence-electron chi connectivity index (χ0n) is 21.3. The van der Waals surface area contributed by atoms with Crippen LogP contribution < -0.4 is 24.7 Å². The third-order valence-electron chi connectivity index (χ3n) is 6.07. The van der Waals surface area contributed by atoms with Crippen LogP contribution in [0.15, 0.2) is 78.2 Å². The van der Waals surface area contributed by atoms with Crippen LogP contribution in [-0.4, -0.2) is 24.1 Å². The minimum Gasteiger partial charge on any atom is -0.493 e. The number of benzene rings is 3. The Morgan fingerprint density at radius 2 is 1.79 bits per heavy atom. The topological polar surface area (TPSA) is 147 Å². The fourth-order valence-electron chi connectivity index (χ4n) is 4.23. The maximum Gasteiger partial charge on any atom is 0.349 e. The van der Waals surface area contributed by atoms with Crippen molar-refractivity contribution < 1.29 is 28.7 Å². The lowest BCUT2D eigenvalue weighted by atomic mass is 9.83. The summed E-state index contributed by atoms with van der Waals surface area (Å²) in [4.78, 5) is 23.0. The lowest BCUT2D eigenvalue weighted by Gasteiger charge is -2.28. The first-order valence-electron chi connectivity index (χ1n) is 12.4. The molecule has 0 fully saturated rings. The van der Waals surface area contributed by atoms with Crippen LogP contribution in [0.3, 0.4) is 0 Å². The molecule has 200 valence electrons. The van der Waals surface area contributed by atoms with Crippen molar-refractivity contribution in [3.63, 3.8) is 0 Å². The third kappa shape index (κ3) is 6.27. The number of esters is 1. The standard InChI is InChI=1S/C29H27N3O7/c1-2-3-8-15-36-24-11-6-4-9-20(24)28-21-14-13-19(16-26(21)39-29(31)22(28)17-30)38-27(33)18-37-25-12-7-5-10-23(25)32(34)35/h4-7,9-14,16,28H,2-3,8,15,18,31H2,1H3. The Balaban J connectivity index is 1.55. The van der Waals surface area contributed by atoms with Crippen molar-refractivity contribution in [1.82, 2.24) is 0 Å². The number of unbranched alkanes of at least 4 members (excludes halogenated alkanes) is 2. The molecule has 0 aliphatic carbocycles. The maximum atomic E-state index is 12.4. The first-order chi connectivity index (χ1) is 18.9. The molecule has 1 aliphatic rings. The highest BCUT2D eigenvalue weighted by Gasteiger charge is 2.33. The van der Waals surface area contributed by atoms with Crippen molar-refractivity contribution in [2.75, 3.05) is 13.2 Å². The van der Waals surface area contributed by atoms with Crippen LogP contribution in [0.1, 0.15) is 43.2 Å². The third-order valence-corrected chi connectivity index (χ3v) is 6.07. The molecule has 10 heteroatoms. The minimum absolute atomic E-state index is 0.0476. The summed E-state index contributed by atoms with van der Waals surface area (Å²) >= 11 is 0. The number of nitro groups is 1. The van der Waals surface area contributed by atoms with Gasteiger partial charge in [0.1, 0.15) is 28.9 Å². The molecule has 0 bridgehead atoms. The van der Waals surface area contributed by atoms with E-state index in [4.69, 9.17) is 24.7 Å². The van der Waals surface area contributed by atoms with E-state index in [1.54, 1.807) is 18.2 Å². The summed E-state index contributed by atoms with van der Waals surface area (Å²) < 4.78 is 22.5. The van der Waals surface area contributed by atoms with Gasteiger partial charge in [0.25, 0.3) is 0 Å². The van der Waals surface area contributed by atoms with Crippen LogP contribution in [0.25, 0.3) is 0 Å². The van der Waals surface area contributed by atoms with Gasteiger partial charge in [0.15, 0.2) is 12.4 Å². The van der Waals surface area contributed by atoms with E-state index in [-0.39, 0.29) is 28.6 Å². The number of nitro benzene ring substituents is 1. The van der Waals surface area contributed by atoms with Crippen molar-refractivity contribution in [3.05, 3.63) is 99.4 Å². The number of fused-ring (bicyclic) bond motifs is 1. The first-order valence-corrected chi connectivity index (χ1v) is 12.4. The van der Waals surface area contributed by atoms with Crippen molar-refractivity contribution >= 4 is 11.7 Å². The predicted molar refractivity (Wildman–Crippen MR) is 141 cm³/mol. The zero-order valence-corrected chi connectivity index (χ0v) is 21.3. The number of allylic oxidation sites excluding steroid dienone is 1. The van der Waals surface area contributed by atoms with Crippen molar-refractivity contribution in [1.29, 1.82) is 5.26 Å². The molecule has 4 rings (SSSR count). The second-order valence-electron chi connectivity index (χ2n) is 8.71. The van der Waals surface area contributed by atoms with E-state index in [2.05, 4.69) is 13.0 Å². The Morgan fingerprint density at radius 3 is 2.54 bits per heavy atom. The number of hydrogen-bond donors (Lipinski definition) is 1. The molecule has 3 aromatic rings. The van der Waals surface area contributed by atoms with Crippen LogP contribution in [0.5, 0.6) is 23.0 Å². The molecule has 0 aromatic heterocycles. The number of hydrogen-bond acceptors (Lipinski definition) is 9. The average molecular weight is 530 g/mol. The van der Waals surface area contributed by atoms with Crippen molar-refractivity contribution in [2.24, 2.45) is 5.73 Å². The number of nitrogens with zero attached hydrogens (tertiary/aromatic N) is 2.